The van der Waals surface area contributed by atoms with Crippen LogP contribution in [0.15, 0.2) is 28.3 Å². The molecule has 1 fully saturated rings. The zero-order valence-corrected chi connectivity index (χ0v) is 11.7. The van der Waals surface area contributed by atoms with Crippen molar-refractivity contribution in [3.8, 4) is 0 Å². The van der Waals surface area contributed by atoms with Crippen molar-refractivity contribution in [1.82, 2.24) is 0 Å². The Balaban J connectivity index is 2.23. The zero-order valence-electron chi connectivity index (χ0n) is 10.1. The first kappa shape index (κ1) is 13.6. The average molecular weight is 285 g/mol. The van der Waals surface area contributed by atoms with Crippen molar-refractivity contribution < 1.29 is 5.21 Å². The normalized spacial score (nSPS) is 17.9. The van der Waals surface area contributed by atoms with Crippen LogP contribution in [-0.2, 0) is 0 Å². The Kier molecular flexibility index (Phi) is 4.78. The maximum Gasteiger partial charge on any atom is 0.172 e. The summed E-state index contributed by atoms with van der Waals surface area (Å²) in [5, 5.41) is 13.1. The highest BCUT2D eigenvalue weighted by molar-refractivity contribution is 8.00. The SMILES string of the molecule is NC(=NO)c1c(Cl)cccc1SC1CCCCC1. The quantitative estimate of drug-likeness (QED) is 0.383. The summed E-state index contributed by atoms with van der Waals surface area (Å²) in [6.07, 6.45) is 6.37. The molecule has 0 radical (unpaired) electrons. The number of hydrogen-bond acceptors (Lipinski definition) is 3. The first-order chi connectivity index (χ1) is 8.72. The first-order valence-electron chi connectivity index (χ1n) is 6.15. The molecule has 1 saturated carbocycles. The standard InChI is InChI=1S/C13H17ClN2OS/c14-10-7-4-8-11(12(10)13(15)16-17)18-9-5-2-1-3-6-9/h4,7-9,17H,1-3,5-6H2,(H2,15,16). The topological polar surface area (TPSA) is 58.6 Å². The Morgan fingerprint density at radius 2 is 2.06 bits per heavy atom. The maximum atomic E-state index is 8.84. The summed E-state index contributed by atoms with van der Waals surface area (Å²) in [6.45, 7) is 0. The summed E-state index contributed by atoms with van der Waals surface area (Å²) in [4.78, 5) is 1.00. The third-order valence-electron chi connectivity index (χ3n) is 3.19. The summed E-state index contributed by atoms with van der Waals surface area (Å²) < 4.78 is 0. The number of nitrogens with two attached hydrogens (primary N) is 1. The molecule has 0 bridgehead atoms. The summed E-state index contributed by atoms with van der Waals surface area (Å²) in [6, 6.07) is 5.65. The van der Waals surface area contributed by atoms with Crippen LogP contribution >= 0.6 is 23.4 Å². The average Bonchev–Trinajstić information content (AvgIpc) is 2.39. The van der Waals surface area contributed by atoms with Crippen LogP contribution in [0.5, 0.6) is 0 Å². The third kappa shape index (κ3) is 3.12. The van der Waals surface area contributed by atoms with Crippen LogP contribution < -0.4 is 5.73 Å². The monoisotopic (exact) mass is 284 g/mol. The molecule has 0 spiro atoms. The highest BCUT2D eigenvalue weighted by atomic mass is 35.5. The van der Waals surface area contributed by atoms with E-state index in [0.717, 1.165) is 4.90 Å². The number of nitrogens with zero attached hydrogens (tertiary/aromatic N) is 1. The smallest absolute Gasteiger partial charge is 0.172 e. The summed E-state index contributed by atoms with van der Waals surface area (Å²) in [7, 11) is 0. The van der Waals surface area contributed by atoms with Crippen LogP contribution in [0.2, 0.25) is 5.02 Å². The molecule has 0 aromatic heterocycles. The molecule has 0 heterocycles. The lowest BCUT2D eigenvalue weighted by atomic mass is 10.0. The molecule has 0 unspecified atom stereocenters. The number of thioether (sulfide) groups is 1. The van der Waals surface area contributed by atoms with Gasteiger partial charge in [0.15, 0.2) is 5.84 Å². The van der Waals surface area contributed by atoms with E-state index in [4.69, 9.17) is 22.5 Å². The molecule has 1 aromatic carbocycles. The molecule has 3 N–H and O–H groups in total. The van der Waals surface area contributed by atoms with Crippen LogP contribution in [0.3, 0.4) is 0 Å². The van der Waals surface area contributed by atoms with E-state index < -0.39 is 0 Å². The lowest BCUT2D eigenvalue weighted by Crippen LogP contribution is -2.16. The molecule has 98 valence electrons. The minimum absolute atomic E-state index is 0.0823. The molecule has 0 atom stereocenters. The highest BCUT2D eigenvalue weighted by Crippen LogP contribution is 2.37. The van der Waals surface area contributed by atoms with Gasteiger partial charge in [-0.2, -0.15) is 0 Å². The van der Waals surface area contributed by atoms with Gasteiger partial charge in [0.25, 0.3) is 0 Å². The number of oxime groups is 1. The van der Waals surface area contributed by atoms with Gasteiger partial charge >= 0.3 is 0 Å². The molecule has 0 aliphatic heterocycles. The number of halogens is 1. The second kappa shape index (κ2) is 6.34. The Morgan fingerprint density at radius 3 is 2.72 bits per heavy atom. The van der Waals surface area contributed by atoms with Gasteiger partial charge in [0.1, 0.15) is 0 Å². The van der Waals surface area contributed by atoms with Crippen LogP contribution in [-0.4, -0.2) is 16.3 Å². The van der Waals surface area contributed by atoms with E-state index in [0.29, 0.717) is 15.8 Å². The number of hydrogen-bond donors (Lipinski definition) is 2. The van der Waals surface area contributed by atoms with Gasteiger partial charge in [-0.15, -0.1) is 11.8 Å². The molecule has 1 aromatic rings. The summed E-state index contributed by atoms with van der Waals surface area (Å²) in [5.74, 6) is 0.0823. The Bertz CT molecular complexity index is 445. The van der Waals surface area contributed by atoms with Crippen molar-refractivity contribution in [1.29, 1.82) is 0 Å². The van der Waals surface area contributed by atoms with E-state index in [9.17, 15) is 0 Å². The molecule has 0 saturated heterocycles. The second-order valence-electron chi connectivity index (χ2n) is 4.48. The van der Waals surface area contributed by atoms with Crippen LogP contribution in [0.1, 0.15) is 37.7 Å². The molecule has 1 aliphatic carbocycles. The summed E-state index contributed by atoms with van der Waals surface area (Å²) >= 11 is 7.93. The van der Waals surface area contributed by atoms with Gasteiger partial charge in [-0.25, -0.2) is 0 Å². The fourth-order valence-electron chi connectivity index (χ4n) is 2.26. The van der Waals surface area contributed by atoms with Gasteiger partial charge in [-0.05, 0) is 25.0 Å². The van der Waals surface area contributed by atoms with Crippen LogP contribution in [0.4, 0.5) is 0 Å². The lowest BCUT2D eigenvalue weighted by molar-refractivity contribution is 0.318. The lowest BCUT2D eigenvalue weighted by Gasteiger charge is -2.22. The molecular weight excluding hydrogens is 268 g/mol. The minimum Gasteiger partial charge on any atom is -0.409 e. The Morgan fingerprint density at radius 1 is 1.33 bits per heavy atom. The number of amidine groups is 1. The molecule has 0 amide bonds. The van der Waals surface area contributed by atoms with Crippen LogP contribution in [0, 0.1) is 0 Å². The molecular formula is C13H17ClN2OS. The van der Waals surface area contributed by atoms with Gasteiger partial charge < -0.3 is 10.9 Å². The van der Waals surface area contributed by atoms with E-state index in [1.165, 1.54) is 32.1 Å². The third-order valence-corrected chi connectivity index (χ3v) is 4.90. The van der Waals surface area contributed by atoms with Crippen molar-refractivity contribution in [3.05, 3.63) is 28.8 Å². The van der Waals surface area contributed by atoms with Crippen molar-refractivity contribution in [2.24, 2.45) is 10.9 Å². The molecule has 18 heavy (non-hydrogen) atoms. The fourth-order valence-corrected chi connectivity index (χ4v) is 4.01. The van der Waals surface area contributed by atoms with Gasteiger partial charge in [-0.1, -0.05) is 42.1 Å². The fraction of sp³-hybridized carbons (Fsp3) is 0.462. The Hall–Kier alpha value is -0.870. The van der Waals surface area contributed by atoms with E-state index in [1.807, 2.05) is 12.1 Å². The second-order valence-corrected chi connectivity index (χ2v) is 6.23. The van der Waals surface area contributed by atoms with Gasteiger partial charge in [0.2, 0.25) is 0 Å². The number of rotatable bonds is 3. The van der Waals surface area contributed by atoms with E-state index >= 15 is 0 Å². The first-order valence-corrected chi connectivity index (χ1v) is 7.41. The van der Waals surface area contributed by atoms with Crippen LogP contribution in [0.25, 0.3) is 0 Å². The summed E-state index contributed by atoms with van der Waals surface area (Å²) in [5.41, 5.74) is 6.35. The predicted molar refractivity (Wildman–Crippen MR) is 76.7 cm³/mol. The van der Waals surface area contributed by atoms with Crippen molar-refractivity contribution in [3.63, 3.8) is 0 Å². The molecule has 5 heteroatoms. The molecule has 2 rings (SSSR count). The Labute approximate surface area is 116 Å². The van der Waals surface area contributed by atoms with E-state index in [-0.39, 0.29) is 5.84 Å². The highest BCUT2D eigenvalue weighted by Gasteiger charge is 2.18. The van der Waals surface area contributed by atoms with Crippen molar-refractivity contribution in [2.75, 3.05) is 0 Å². The van der Waals surface area contributed by atoms with Gasteiger partial charge in [0.05, 0.1) is 10.6 Å². The van der Waals surface area contributed by atoms with Crippen molar-refractivity contribution >= 4 is 29.2 Å². The molecule has 3 nitrogen and oxygen atoms in total. The minimum atomic E-state index is 0.0823. The van der Waals surface area contributed by atoms with Crippen molar-refractivity contribution in [2.45, 2.75) is 42.2 Å². The molecule has 1 aliphatic rings. The zero-order chi connectivity index (χ0) is 13.0. The number of benzene rings is 1. The van der Waals surface area contributed by atoms with E-state index in [2.05, 4.69) is 5.16 Å². The van der Waals surface area contributed by atoms with Gasteiger partial charge in [0, 0.05) is 10.1 Å². The maximum absolute atomic E-state index is 8.84. The largest absolute Gasteiger partial charge is 0.409 e. The van der Waals surface area contributed by atoms with Gasteiger partial charge in [-0.3, -0.25) is 0 Å². The van der Waals surface area contributed by atoms with E-state index in [1.54, 1.807) is 17.8 Å². The predicted octanol–water partition coefficient (Wildman–Crippen LogP) is 3.86.